The molecule has 0 saturated carbocycles. The molecule has 0 bridgehead atoms. The van der Waals surface area contributed by atoms with Gasteiger partial charge >= 0.3 is 0 Å². The first-order valence-electron chi connectivity index (χ1n) is 9.40. The lowest BCUT2D eigenvalue weighted by Gasteiger charge is -2.39. The van der Waals surface area contributed by atoms with Gasteiger partial charge in [-0.3, -0.25) is 4.90 Å². The van der Waals surface area contributed by atoms with Gasteiger partial charge in [-0.15, -0.1) is 24.8 Å². The highest BCUT2D eigenvalue weighted by molar-refractivity contribution is 5.85. The van der Waals surface area contributed by atoms with Gasteiger partial charge in [0, 0.05) is 11.6 Å². The summed E-state index contributed by atoms with van der Waals surface area (Å²) in [6.07, 6.45) is 8.04. The number of halogens is 2. The normalized spacial score (nSPS) is 16.9. The van der Waals surface area contributed by atoms with E-state index >= 15 is 0 Å². The SMILES string of the molecule is CCCCC(N)N(CCC)C1CCc2c(ccc(OC)c2OC)C1.Cl.Cl. The molecule has 0 saturated heterocycles. The number of benzene rings is 1. The number of hydrogen-bond acceptors (Lipinski definition) is 4. The molecule has 1 aliphatic rings. The lowest BCUT2D eigenvalue weighted by Crippen LogP contribution is -2.50. The first-order chi connectivity index (χ1) is 11.7. The Kier molecular flexibility index (Phi) is 12.3. The maximum atomic E-state index is 6.52. The van der Waals surface area contributed by atoms with Gasteiger partial charge in [0.05, 0.1) is 20.4 Å². The molecule has 2 unspecified atom stereocenters. The second-order valence-corrected chi connectivity index (χ2v) is 6.78. The van der Waals surface area contributed by atoms with Crippen molar-refractivity contribution in [2.75, 3.05) is 20.8 Å². The van der Waals surface area contributed by atoms with Crippen LogP contribution in [0.5, 0.6) is 11.5 Å². The lowest BCUT2D eigenvalue weighted by molar-refractivity contribution is 0.115. The molecule has 2 N–H and O–H groups in total. The van der Waals surface area contributed by atoms with E-state index in [4.69, 9.17) is 15.2 Å². The maximum Gasteiger partial charge on any atom is 0.164 e. The molecule has 1 aliphatic carbocycles. The number of hydrogen-bond donors (Lipinski definition) is 1. The molecule has 0 aromatic heterocycles. The standard InChI is InChI=1S/C20H34N2O2.2ClH/c1-5-7-8-19(21)22(13-6-2)16-10-11-17-15(14-16)9-12-18(23-3)20(17)24-4;;/h9,12,16,19H,5-8,10-11,13-14,21H2,1-4H3;2*1H. The molecule has 6 heteroatoms. The van der Waals surface area contributed by atoms with Crippen molar-refractivity contribution in [3.8, 4) is 11.5 Å². The van der Waals surface area contributed by atoms with Gasteiger partial charge in [0.15, 0.2) is 11.5 Å². The zero-order chi connectivity index (χ0) is 17.5. The van der Waals surface area contributed by atoms with E-state index in [9.17, 15) is 0 Å². The summed E-state index contributed by atoms with van der Waals surface area (Å²) >= 11 is 0. The predicted molar refractivity (Wildman–Crippen MR) is 114 cm³/mol. The number of methoxy groups -OCH3 is 2. The quantitative estimate of drug-likeness (QED) is 0.608. The third-order valence-electron chi connectivity index (χ3n) is 5.16. The van der Waals surface area contributed by atoms with Crippen molar-refractivity contribution >= 4 is 24.8 Å². The summed E-state index contributed by atoms with van der Waals surface area (Å²) in [4.78, 5) is 2.54. The van der Waals surface area contributed by atoms with E-state index in [0.29, 0.717) is 6.04 Å². The molecule has 2 rings (SSSR count). The third-order valence-corrected chi connectivity index (χ3v) is 5.16. The summed E-state index contributed by atoms with van der Waals surface area (Å²) in [5, 5.41) is 0. The van der Waals surface area contributed by atoms with Gasteiger partial charge in [-0.25, -0.2) is 0 Å². The smallest absolute Gasteiger partial charge is 0.164 e. The topological polar surface area (TPSA) is 47.7 Å². The van der Waals surface area contributed by atoms with Crippen molar-refractivity contribution in [1.82, 2.24) is 4.90 Å². The zero-order valence-corrected chi connectivity index (χ0v) is 18.3. The number of fused-ring (bicyclic) bond motifs is 1. The average molecular weight is 407 g/mol. The molecular formula is C20H36Cl2N2O2. The van der Waals surface area contributed by atoms with Crippen molar-refractivity contribution in [2.24, 2.45) is 5.73 Å². The molecule has 0 aliphatic heterocycles. The van der Waals surface area contributed by atoms with E-state index < -0.39 is 0 Å². The molecule has 0 amide bonds. The van der Waals surface area contributed by atoms with Crippen LogP contribution in [0.4, 0.5) is 0 Å². The molecule has 1 aromatic rings. The van der Waals surface area contributed by atoms with Gasteiger partial charge in [0.1, 0.15) is 0 Å². The van der Waals surface area contributed by atoms with Crippen LogP contribution in [0.25, 0.3) is 0 Å². The number of rotatable bonds is 9. The molecule has 26 heavy (non-hydrogen) atoms. The van der Waals surface area contributed by atoms with Crippen LogP contribution in [0.2, 0.25) is 0 Å². The third kappa shape index (κ3) is 5.91. The summed E-state index contributed by atoms with van der Waals surface area (Å²) in [6.45, 7) is 5.55. The molecule has 0 heterocycles. The van der Waals surface area contributed by atoms with E-state index in [-0.39, 0.29) is 31.0 Å². The van der Waals surface area contributed by atoms with E-state index in [1.165, 1.54) is 24.0 Å². The predicted octanol–water partition coefficient (Wildman–Crippen LogP) is 4.59. The van der Waals surface area contributed by atoms with Crippen LogP contribution in [0.1, 0.15) is 57.1 Å². The van der Waals surface area contributed by atoms with E-state index in [1.54, 1.807) is 14.2 Å². The van der Waals surface area contributed by atoms with Crippen LogP contribution in [0.3, 0.4) is 0 Å². The first kappa shape index (κ1) is 25.3. The summed E-state index contributed by atoms with van der Waals surface area (Å²) < 4.78 is 11.1. The summed E-state index contributed by atoms with van der Waals surface area (Å²) in [5.74, 6) is 1.74. The number of unbranched alkanes of at least 4 members (excludes halogenated alkanes) is 1. The number of nitrogens with zero attached hydrogens (tertiary/aromatic N) is 1. The van der Waals surface area contributed by atoms with Crippen LogP contribution in [0.15, 0.2) is 12.1 Å². The van der Waals surface area contributed by atoms with Crippen molar-refractivity contribution in [3.63, 3.8) is 0 Å². The maximum absolute atomic E-state index is 6.52. The largest absolute Gasteiger partial charge is 0.493 e. The molecule has 0 fully saturated rings. The fourth-order valence-electron chi connectivity index (χ4n) is 3.90. The molecule has 4 nitrogen and oxygen atoms in total. The molecule has 1 aromatic carbocycles. The second kappa shape index (κ2) is 12.7. The van der Waals surface area contributed by atoms with E-state index in [2.05, 4.69) is 24.8 Å². The van der Waals surface area contributed by atoms with Crippen LogP contribution < -0.4 is 15.2 Å². The van der Waals surface area contributed by atoms with Crippen LogP contribution >= 0.6 is 24.8 Å². The van der Waals surface area contributed by atoms with Gasteiger partial charge in [0.25, 0.3) is 0 Å². The Morgan fingerprint density at radius 3 is 2.46 bits per heavy atom. The van der Waals surface area contributed by atoms with Crippen molar-refractivity contribution in [1.29, 1.82) is 0 Å². The summed E-state index contributed by atoms with van der Waals surface area (Å²) in [7, 11) is 3.43. The van der Waals surface area contributed by atoms with E-state index in [0.717, 1.165) is 50.1 Å². The molecule has 2 atom stereocenters. The second-order valence-electron chi connectivity index (χ2n) is 6.78. The van der Waals surface area contributed by atoms with E-state index in [1.807, 2.05) is 6.07 Å². The van der Waals surface area contributed by atoms with Crippen LogP contribution in [-0.4, -0.2) is 37.9 Å². The highest BCUT2D eigenvalue weighted by atomic mass is 35.5. The highest BCUT2D eigenvalue weighted by Gasteiger charge is 2.29. The van der Waals surface area contributed by atoms with Crippen LogP contribution in [-0.2, 0) is 12.8 Å². The Hall–Kier alpha value is -0.680. The van der Waals surface area contributed by atoms with Gasteiger partial charge in [-0.2, -0.15) is 0 Å². The zero-order valence-electron chi connectivity index (χ0n) is 16.6. The highest BCUT2D eigenvalue weighted by Crippen LogP contribution is 2.38. The first-order valence-corrected chi connectivity index (χ1v) is 9.40. The Bertz CT molecular complexity index is 529. The minimum absolute atomic E-state index is 0. The Balaban J connectivity index is 0.00000312. The number of nitrogens with two attached hydrogens (primary N) is 1. The van der Waals surface area contributed by atoms with Gasteiger partial charge in [-0.05, 0) is 50.3 Å². The van der Waals surface area contributed by atoms with Crippen molar-refractivity contribution in [3.05, 3.63) is 23.3 Å². The average Bonchev–Trinajstić information content (AvgIpc) is 2.62. The molecule has 0 radical (unpaired) electrons. The molecule has 152 valence electrons. The minimum Gasteiger partial charge on any atom is -0.493 e. The van der Waals surface area contributed by atoms with Gasteiger partial charge < -0.3 is 15.2 Å². The summed E-state index contributed by atoms with van der Waals surface area (Å²) in [5.41, 5.74) is 9.22. The van der Waals surface area contributed by atoms with Crippen molar-refractivity contribution < 1.29 is 9.47 Å². The molecular weight excluding hydrogens is 371 g/mol. The van der Waals surface area contributed by atoms with Gasteiger partial charge in [-0.1, -0.05) is 32.8 Å². The minimum atomic E-state index is 0. The monoisotopic (exact) mass is 406 g/mol. The fraction of sp³-hybridized carbons (Fsp3) is 0.700. The number of ether oxygens (including phenoxy) is 2. The fourth-order valence-corrected chi connectivity index (χ4v) is 3.90. The lowest BCUT2D eigenvalue weighted by atomic mass is 9.86. The Morgan fingerprint density at radius 1 is 1.15 bits per heavy atom. The Morgan fingerprint density at radius 2 is 1.88 bits per heavy atom. The summed E-state index contributed by atoms with van der Waals surface area (Å²) in [6, 6.07) is 4.76. The van der Waals surface area contributed by atoms with Gasteiger partial charge in [0.2, 0.25) is 0 Å². The Labute approximate surface area is 171 Å². The van der Waals surface area contributed by atoms with Crippen LogP contribution in [0, 0.1) is 0 Å². The molecule has 0 spiro atoms. The van der Waals surface area contributed by atoms with Crippen molar-refractivity contribution in [2.45, 2.75) is 71.0 Å².